The topological polar surface area (TPSA) is 38.3 Å². The summed E-state index contributed by atoms with van der Waals surface area (Å²) in [4.78, 5) is 12.8. The number of ether oxygens (including phenoxy) is 1. The summed E-state index contributed by atoms with van der Waals surface area (Å²) in [6.07, 6.45) is 1.84. The van der Waals surface area contributed by atoms with Crippen molar-refractivity contribution in [1.82, 2.24) is 5.32 Å². The highest BCUT2D eigenvalue weighted by atomic mass is 35.5. The van der Waals surface area contributed by atoms with Gasteiger partial charge in [0.15, 0.2) is 5.78 Å². The first-order chi connectivity index (χ1) is 7.71. The second-order valence-corrected chi connectivity index (χ2v) is 5.93. The molecule has 0 saturated carbocycles. The number of halogens is 1. The average molecular weight is 258 g/mol. The van der Waals surface area contributed by atoms with Crippen molar-refractivity contribution in [2.45, 2.75) is 18.4 Å². The van der Waals surface area contributed by atoms with Gasteiger partial charge in [0.1, 0.15) is 12.2 Å². The van der Waals surface area contributed by atoms with Gasteiger partial charge in [-0.15, -0.1) is 11.3 Å². The number of hydrogen-bond acceptors (Lipinski definition) is 4. The second-order valence-electron chi connectivity index (χ2n) is 4.25. The normalized spacial score (nSPS) is 23.4. The van der Waals surface area contributed by atoms with Crippen molar-refractivity contribution >= 4 is 28.7 Å². The molecule has 0 radical (unpaired) electrons. The highest BCUT2D eigenvalue weighted by Gasteiger charge is 2.43. The molecule has 1 saturated heterocycles. The van der Waals surface area contributed by atoms with E-state index < -0.39 is 0 Å². The number of nitrogens with one attached hydrogen (secondary N) is 1. The van der Waals surface area contributed by atoms with E-state index in [2.05, 4.69) is 5.32 Å². The van der Waals surface area contributed by atoms with E-state index in [1.807, 2.05) is 0 Å². The Morgan fingerprint density at radius 2 is 2.19 bits per heavy atom. The zero-order valence-electron chi connectivity index (χ0n) is 8.72. The van der Waals surface area contributed by atoms with Crippen LogP contribution in [0.25, 0.3) is 0 Å². The van der Waals surface area contributed by atoms with Crippen molar-refractivity contribution in [2.75, 3.05) is 19.7 Å². The van der Waals surface area contributed by atoms with Crippen LogP contribution >= 0.6 is 22.9 Å². The van der Waals surface area contributed by atoms with Crippen molar-refractivity contribution in [1.29, 1.82) is 0 Å². The van der Waals surface area contributed by atoms with Gasteiger partial charge in [-0.1, -0.05) is 11.6 Å². The van der Waals surface area contributed by atoms with E-state index >= 15 is 0 Å². The van der Waals surface area contributed by atoms with Crippen LogP contribution in [0.1, 0.15) is 28.1 Å². The number of carbonyl (C=O) groups excluding carboxylic acids is 1. The van der Waals surface area contributed by atoms with Gasteiger partial charge in [0.05, 0.1) is 4.34 Å². The molecule has 1 aromatic heterocycles. The molecule has 16 heavy (non-hydrogen) atoms. The van der Waals surface area contributed by atoms with Crippen molar-refractivity contribution in [2.24, 2.45) is 0 Å². The minimum Gasteiger partial charge on any atom is -0.361 e. The van der Waals surface area contributed by atoms with Crippen LogP contribution in [0.2, 0.25) is 4.34 Å². The van der Waals surface area contributed by atoms with E-state index in [-0.39, 0.29) is 18.0 Å². The number of hydrogen-bond donors (Lipinski definition) is 1. The lowest BCUT2D eigenvalue weighted by Crippen LogP contribution is -2.45. The molecular formula is C11H12ClNO2S. The summed E-state index contributed by atoms with van der Waals surface area (Å²) in [5.74, 6) is 0.0577. The van der Waals surface area contributed by atoms with Crippen molar-refractivity contribution in [3.05, 3.63) is 20.8 Å². The van der Waals surface area contributed by atoms with Crippen LogP contribution in [0.15, 0.2) is 6.07 Å². The monoisotopic (exact) mass is 257 g/mol. The Kier molecular flexibility index (Phi) is 2.55. The summed E-state index contributed by atoms with van der Waals surface area (Å²) >= 11 is 7.50. The Hall–Kier alpha value is -0.420. The summed E-state index contributed by atoms with van der Waals surface area (Å²) in [5.41, 5.74) is 0.523. The maximum Gasteiger partial charge on any atom is 0.189 e. The largest absolute Gasteiger partial charge is 0.361 e. The van der Waals surface area contributed by atoms with E-state index in [0.717, 1.165) is 36.4 Å². The van der Waals surface area contributed by atoms with Crippen LogP contribution in [-0.4, -0.2) is 25.5 Å². The molecule has 0 amide bonds. The number of piperidine rings is 1. The van der Waals surface area contributed by atoms with E-state index in [1.165, 1.54) is 11.3 Å². The third-order valence-electron chi connectivity index (χ3n) is 3.31. The first-order valence-corrected chi connectivity index (χ1v) is 6.58. The van der Waals surface area contributed by atoms with Gasteiger partial charge in [0.25, 0.3) is 0 Å². The summed E-state index contributed by atoms with van der Waals surface area (Å²) in [5, 5.41) is 3.31. The van der Waals surface area contributed by atoms with Crippen LogP contribution in [0.4, 0.5) is 0 Å². The van der Waals surface area contributed by atoms with Gasteiger partial charge in [-0.3, -0.25) is 4.79 Å². The molecule has 3 nitrogen and oxygen atoms in total. The number of rotatable bonds is 0. The lowest BCUT2D eigenvalue weighted by molar-refractivity contribution is -0.0655. The molecule has 1 N–H and O–H groups in total. The lowest BCUT2D eigenvalue weighted by atomic mass is 9.86. The van der Waals surface area contributed by atoms with Crippen molar-refractivity contribution in [3.8, 4) is 0 Å². The highest BCUT2D eigenvalue weighted by molar-refractivity contribution is 7.16. The molecule has 0 aliphatic carbocycles. The van der Waals surface area contributed by atoms with Crippen LogP contribution in [0.5, 0.6) is 0 Å². The molecule has 3 rings (SSSR count). The van der Waals surface area contributed by atoms with E-state index in [1.54, 1.807) is 6.07 Å². The van der Waals surface area contributed by atoms with Gasteiger partial charge in [-0.25, -0.2) is 0 Å². The molecule has 3 heterocycles. The minimum atomic E-state index is -0.258. The zero-order chi connectivity index (χ0) is 11.2. The SMILES string of the molecule is O=C1COC2(CCNCC2)c2sc(Cl)cc21. The van der Waals surface area contributed by atoms with Crippen LogP contribution in [-0.2, 0) is 10.3 Å². The molecule has 1 spiro atoms. The highest BCUT2D eigenvalue weighted by Crippen LogP contribution is 2.45. The Morgan fingerprint density at radius 3 is 2.94 bits per heavy atom. The first kappa shape index (κ1) is 10.7. The minimum absolute atomic E-state index is 0.0577. The fraction of sp³-hybridized carbons (Fsp3) is 0.545. The third kappa shape index (κ3) is 1.52. The average Bonchev–Trinajstić information content (AvgIpc) is 2.69. The smallest absolute Gasteiger partial charge is 0.189 e. The Labute approximate surface area is 103 Å². The molecule has 1 fully saturated rings. The second kappa shape index (κ2) is 3.81. The molecule has 0 unspecified atom stereocenters. The zero-order valence-corrected chi connectivity index (χ0v) is 10.3. The molecule has 5 heteroatoms. The molecule has 0 atom stereocenters. The predicted molar refractivity (Wildman–Crippen MR) is 63.4 cm³/mol. The first-order valence-electron chi connectivity index (χ1n) is 5.39. The molecule has 2 aliphatic heterocycles. The molecular weight excluding hydrogens is 246 g/mol. The number of carbonyl (C=O) groups is 1. The van der Waals surface area contributed by atoms with Gasteiger partial charge in [0, 0.05) is 10.4 Å². The third-order valence-corrected chi connectivity index (χ3v) is 4.76. The van der Waals surface area contributed by atoms with Crippen molar-refractivity contribution in [3.63, 3.8) is 0 Å². The summed E-state index contributed by atoms with van der Waals surface area (Å²) in [6, 6.07) is 1.79. The van der Waals surface area contributed by atoms with Gasteiger partial charge in [-0.2, -0.15) is 0 Å². The van der Waals surface area contributed by atoms with E-state index in [4.69, 9.17) is 16.3 Å². The maximum absolute atomic E-state index is 11.7. The predicted octanol–water partition coefficient (Wildman–Crippen LogP) is 2.19. The number of Topliss-reactive ketones (excluding diaryl/α,β-unsaturated/α-hetero) is 1. The van der Waals surface area contributed by atoms with Gasteiger partial charge in [0.2, 0.25) is 0 Å². The molecule has 2 aliphatic rings. The maximum atomic E-state index is 11.7. The van der Waals surface area contributed by atoms with E-state index in [9.17, 15) is 4.79 Å². The number of ketones is 1. The van der Waals surface area contributed by atoms with Crippen molar-refractivity contribution < 1.29 is 9.53 Å². The Morgan fingerprint density at radius 1 is 1.44 bits per heavy atom. The summed E-state index contributed by atoms with van der Waals surface area (Å²) < 4.78 is 6.50. The summed E-state index contributed by atoms with van der Waals surface area (Å²) in [7, 11) is 0. The fourth-order valence-corrected chi connectivity index (χ4v) is 3.90. The van der Waals surface area contributed by atoms with Gasteiger partial charge in [-0.05, 0) is 32.0 Å². The van der Waals surface area contributed by atoms with Gasteiger partial charge < -0.3 is 10.1 Å². The Balaban J connectivity index is 2.09. The van der Waals surface area contributed by atoms with Crippen LogP contribution < -0.4 is 5.32 Å². The van der Waals surface area contributed by atoms with Gasteiger partial charge >= 0.3 is 0 Å². The van der Waals surface area contributed by atoms with Crippen LogP contribution in [0, 0.1) is 0 Å². The molecule has 0 bridgehead atoms. The van der Waals surface area contributed by atoms with Crippen LogP contribution in [0.3, 0.4) is 0 Å². The molecule has 86 valence electrons. The Bertz CT molecular complexity index is 437. The number of fused-ring (bicyclic) bond motifs is 2. The van der Waals surface area contributed by atoms with E-state index in [0.29, 0.717) is 4.34 Å². The number of thiophene rings is 1. The quantitative estimate of drug-likeness (QED) is 0.774. The summed E-state index contributed by atoms with van der Waals surface area (Å²) in [6.45, 7) is 2.06. The standard InChI is InChI=1S/C11H12ClNO2S/c12-9-5-7-8(14)6-15-11(10(7)16-9)1-3-13-4-2-11/h5,13H,1-4,6H2. The fourth-order valence-electron chi connectivity index (χ4n) is 2.46. The molecule has 1 aromatic rings. The molecule has 0 aromatic carbocycles. The lowest BCUT2D eigenvalue weighted by Gasteiger charge is -2.39.